The molecule has 0 bridgehead atoms. The van der Waals surface area contributed by atoms with Crippen LogP contribution in [0.5, 0.6) is 0 Å². The summed E-state index contributed by atoms with van der Waals surface area (Å²) in [6, 6.07) is 0. The summed E-state index contributed by atoms with van der Waals surface area (Å²) in [6.07, 6.45) is 3.93. The first-order valence-corrected chi connectivity index (χ1v) is 2.85. The molecule has 0 aromatic carbocycles. The molecule has 0 rings (SSSR count). The van der Waals surface area contributed by atoms with Crippen molar-refractivity contribution in [1.82, 2.24) is 4.90 Å². The number of nitrogens with zero attached hydrogens (tertiary/aromatic N) is 1. The van der Waals surface area contributed by atoms with E-state index < -0.39 is 0 Å². The van der Waals surface area contributed by atoms with Crippen molar-refractivity contribution in [2.45, 2.75) is 6.42 Å². The number of hydrogen-bond donors (Lipinski definition) is 0. The molecule has 0 aliphatic rings. The third-order valence-corrected chi connectivity index (χ3v) is 0.868. The zero-order chi connectivity index (χ0) is 7.28. The molecule has 0 aliphatic heterocycles. The van der Waals surface area contributed by atoms with Gasteiger partial charge in [-0.2, -0.15) is 0 Å². The van der Waals surface area contributed by atoms with E-state index in [0.29, 0.717) is 6.42 Å². The minimum atomic E-state index is 0.0126. The van der Waals surface area contributed by atoms with Gasteiger partial charge < -0.3 is 4.90 Å². The molecule has 51 valence electrons. The minimum absolute atomic E-state index is 0.0126. The fourth-order valence-electron chi connectivity index (χ4n) is 0.333. The lowest BCUT2D eigenvalue weighted by molar-refractivity contribution is -0.123. The molecule has 0 aromatic rings. The van der Waals surface area contributed by atoms with Crippen molar-refractivity contribution in [3.63, 3.8) is 0 Å². The van der Waals surface area contributed by atoms with E-state index in [9.17, 15) is 4.79 Å². The van der Waals surface area contributed by atoms with Crippen LogP contribution >= 0.6 is 0 Å². The predicted molar refractivity (Wildman–Crippen MR) is 37.8 cm³/mol. The van der Waals surface area contributed by atoms with Crippen molar-refractivity contribution in [3.8, 4) is 0 Å². The Morgan fingerprint density at radius 3 is 2.56 bits per heavy atom. The minimum Gasteiger partial charge on any atom is -0.345 e. The number of carbonyl (C=O) groups is 1. The van der Waals surface area contributed by atoms with Gasteiger partial charge >= 0.3 is 0 Å². The van der Waals surface area contributed by atoms with Crippen LogP contribution in [0.3, 0.4) is 0 Å². The summed E-state index contributed by atoms with van der Waals surface area (Å²) in [6.45, 7) is 3.56. The lowest BCUT2D eigenvalue weighted by Crippen LogP contribution is -2.18. The summed E-state index contributed by atoms with van der Waals surface area (Å²) >= 11 is 0. The molecule has 0 unspecified atom stereocenters. The van der Waals surface area contributed by atoms with Gasteiger partial charge in [-0.25, -0.2) is 0 Å². The molecular weight excluding hydrogens is 114 g/mol. The number of rotatable bonds is 2. The Bertz CT molecular complexity index is 116. The summed E-state index contributed by atoms with van der Waals surface area (Å²) in [7, 11) is 3.44. The average Bonchev–Trinajstić information content (AvgIpc) is 1.82. The second-order valence-electron chi connectivity index (χ2n) is 1.92. The molecule has 0 saturated carbocycles. The number of amides is 1. The number of hydrogen-bond acceptors (Lipinski definition) is 1. The van der Waals surface area contributed by atoms with Gasteiger partial charge in [0, 0.05) is 14.1 Å². The predicted octanol–water partition coefficient (Wildman–Crippen LogP) is 0.855. The molecule has 9 heavy (non-hydrogen) atoms. The molecule has 2 heteroatoms. The van der Waals surface area contributed by atoms with Crippen molar-refractivity contribution >= 4 is 5.91 Å². The molecule has 0 heterocycles. The van der Waals surface area contributed by atoms with E-state index in [4.69, 9.17) is 0 Å². The van der Waals surface area contributed by atoms with Gasteiger partial charge in [-0.05, 0) is 19.4 Å². The van der Waals surface area contributed by atoms with Gasteiger partial charge in [0.05, 0.1) is 0 Å². The largest absolute Gasteiger partial charge is 0.345 e. The highest BCUT2D eigenvalue weighted by atomic mass is 16.2. The van der Waals surface area contributed by atoms with E-state index >= 15 is 0 Å². The van der Waals surface area contributed by atoms with Crippen molar-refractivity contribution in [3.05, 3.63) is 19.1 Å². The number of likely N-dealkylation sites (N-methyl/N-ethyl adjacent to an activating group) is 1. The van der Waals surface area contributed by atoms with Crippen molar-refractivity contribution < 1.29 is 4.79 Å². The van der Waals surface area contributed by atoms with Gasteiger partial charge in [0.1, 0.15) is 0 Å². The molecular formula is C7H12NO. The Morgan fingerprint density at radius 1 is 1.67 bits per heavy atom. The second-order valence-corrected chi connectivity index (χ2v) is 1.92. The Balaban J connectivity index is 3.63. The molecule has 0 aliphatic carbocycles. The highest BCUT2D eigenvalue weighted by molar-refractivity contribution is 5.87. The Labute approximate surface area is 56.2 Å². The quantitative estimate of drug-likeness (QED) is 0.502. The van der Waals surface area contributed by atoms with Crippen LogP contribution in [-0.4, -0.2) is 24.9 Å². The smallest absolute Gasteiger partial charge is 0.245 e. The maximum absolute atomic E-state index is 10.7. The van der Waals surface area contributed by atoms with Crippen LogP contribution < -0.4 is 0 Å². The first kappa shape index (κ1) is 8.21. The Hall–Kier alpha value is -0.790. The van der Waals surface area contributed by atoms with Gasteiger partial charge in [-0.3, -0.25) is 4.79 Å². The standard InChI is InChI=1S/C7H12NO/c1-4-5-6-7(9)8(2)3/h5-6H,1,4H2,2-3H3. The topological polar surface area (TPSA) is 20.3 Å². The first-order chi connectivity index (χ1) is 4.18. The van der Waals surface area contributed by atoms with Crippen LogP contribution in [0.25, 0.3) is 0 Å². The van der Waals surface area contributed by atoms with Crippen molar-refractivity contribution in [2.24, 2.45) is 0 Å². The summed E-state index contributed by atoms with van der Waals surface area (Å²) in [4.78, 5) is 12.2. The van der Waals surface area contributed by atoms with Gasteiger partial charge in [0.2, 0.25) is 5.91 Å². The van der Waals surface area contributed by atoms with E-state index in [-0.39, 0.29) is 5.91 Å². The third kappa shape index (κ3) is 3.76. The fourth-order valence-corrected chi connectivity index (χ4v) is 0.333. The van der Waals surface area contributed by atoms with E-state index in [1.807, 2.05) is 0 Å². The van der Waals surface area contributed by atoms with Crippen LogP contribution in [0.1, 0.15) is 6.42 Å². The summed E-state index contributed by atoms with van der Waals surface area (Å²) in [5, 5.41) is 0. The van der Waals surface area contributed by atoms with Crippen LogP contribution in [0.2, 0.25) is 0 Å². The molecule has 0 spiro atoms. The molecule has 2 nitrogen and oxygen atoms in total. The second kappa shape index (κ2) is 4.13. The third-order valence-electron chi connectivity index (χ3n) is 0.868. The average molecular weight is 126 g/mol. The van der Waals surface area contributed by atoms with E-state index in [1.165, 1.54) is 11.0 Å². The van der Waals surface area contributed by atoms with Gasteiger partial charge in [0.15, 0.2) is 0 Å². The van der Waals surface area contributed by atoms with Gasteiger partial charge in [0.25, 0.3) is 0 Å². The van der Waals surface area contributed by atoms with Gasteiger partial charge in [-0.15, -0.1) is 0 Å². The maximum Gasteiger partial charge on any atom is 0.245 e. The van der Waals surface area contributed by atoms with Crippen LogP contribution in [-0.2, 0) is 4.79 Å². The zero-order valence-corrected chi connectivity index (χ0v) is 5.92. The maximum atomic E-state index is 10.7. The molecule has 0 saturated heterocycles. The van der Waals surface area contributed by atoms with E-state index in [1.54, 1.807) is 20.2 Å². The van der Waals surface area contributed by atoms with Crippen LogP contribution in [0.4, 0.5) is 0 Å². The SMILES string of the molecule is [CH2]CC=CC(=O)N(C)C. The van der Waals surface area contributed by atoms with Crippen molar-refractivity contribution in [2.75, 3.05) is 14.1 Å². The summed E-state index contributed by atoms with van der Waals surface area (Å²) in [5.41, 5.74) is 0. The Kier molecular flexibility index (Phi) is 3.76. The normalized spacial score (nSPS) is 10.1. The Morgan fingerprint density at radius 2 is 2.22 bits per heavy atom. The molecule has 1 radical (unpaired) electrons. The first-order valence-electron chi connectivity index (χ1n) is 2.85. The fraction of sp³-hybridized carbons (Fsp3) is 0.429. The monoisotopic (exact) mass is 126 g/mol. The molecule has 1 amide bonds. The molecule has 0 fully saturated rings. The number of allylic oxidation sites excluding steroid dienone is 1. The van der Waals surface area contributed by atoms with Crippen molar-refractivity contribution in [1.29, 1.82) is 0 Å². The molecule has 0 aromatic heterocycles. The van der Waals surface area contributed by atoms with Gasteiger partial charge in [-0.1, -0.05) is 6.08 Å². The molecule has 0 N–H and O–H groups in total. The van der Waals surface area contributed by atoms with E-state index in [2.05, 4.69) is 6.92 Å². The summed E-state index contributed by atoms with van der Waals surface area (Å²) in [5.74, 6) is 0.0126. The van der Waals surface area contributed by atoms with Crippen LogP contribution in [0.15, 0.2) is 12.2 Å². The number of carbonyl (C=O) groups excluding carboxylic acids is 1. The van der Waals surface area contributed by atoms with Crippen LogP contribution in [0, 0.1) is 6.92 Å². The summed E-state index contributed by atoms with van der Waals surface area (Å²) < 4.78 is 0. The molecule has 0 atom stereocenters. The highest BCUT2D eigenvalue weighted by Gasteiger charge is 1.93. The van der Waals surface area contributed by atoms with E-state index in [0.717, 1.165) is 0 Å². The lowest BCUT2D eigenvalue weighted by atomic mass is 10.4. The lowest BCUT2D eigenvalue weighted by Gasteiger charge is -2.04. The zero-order valence-electron chi connectivity index (χ0n) is 5.92. The highest BCUT2D eigenvalue weighted by Crippen LogP contribution is 1.83.